The van der Waals surface area contributed by atoms with E-state index in [0.29, 0.717) is 10.5 Å². The van der Waals surface area contributed by atoms with Gasteiger partial charge in [-0.15, -0.1) is 0 Å². The topological polar surface area (TPSA) is 44.1 Å². The molecule has 0 bridgehead atoms. The summed E-state index contributed by atoms with van der Waals surface area (Å²) in [7, 11) is 0. The maximum Gasteiger partial charge on any atom is 0.419 e. The number of carbonyl (C=O) groups excluding carboxylic acids is 1. The van der Waals surface area contributed by atoms with Gasteiger partial charge in [-0.05, 0) is 26.8 Å². The third-order valence-electron chi connectivity index (χ3n) is 2.15. The summed E-state index contributed by atoms with van der Waals surface area (Å²) in [6.07, 6.45) is 4.33. The molecule has 2 rings (SSSR count). The Morgan fingerprint density at radius 3 is 2.82 bits per heavy atom. The average Bonchev–Trinajstić information content (AvgIpc) is 2.55. The van der Waals surface area contributed by atoms with Crippen LogP contribution in [-0.4, -0.2) is 21.2 Å². The summed E-state index contributed by atoms with van der Waals surface area (Å²) in [4.78, 5) is 15.9. The number of nitrogens with zero attached hydrogens (tertiary/aromatic N) is 2. The first-order valence-corrected chi connectivity index (χ1v) is 5.60. The molecule has 0 amide bonds. The third-order valence-corrected chi connectivity index (χ3v) is 2.45. The first-order valence-electron chi connectivity index (χ1n) is 5.22. The van der Waals surface area contributed by atoms with E-state index in [0.717, 1.165) is 5.39 Å². The Labute approximate surface area is 104 Å². The molecule has 0 saturated heterocycles. The smallest absolute Gasteiger partial charge is 0.419 e. The third kappa shape index (κ3) is 2.42. The second-order valence-electron chi connectivity index (χ2n) is 4.72. The molecule has 2 aromatic rings. The van der Waals surface area contributed by atoms with Crippen LogP contribution in [-0.2, 0) is 4.74 Å². The van der Waals surface area contributed by atoms with Gasteiger partial charge in [0.2, 0.25) is 0 Å². The molecule has 2 heterocycles. The highest BCUT2D eigenvalue weighted by molar-refractivity contribution is 6.35. The van der Waals surface area contributed by atoms with Gasteiger partial charge >= 0.3 is 6.09 Å². The standard InChI is InChI=1S/C12H13ClN2O2/c1-12(2,3)17-11(16)15-7-9(13)8-6-14-5-4-10(8)15/h4-7H,1-3H3. The first-order chi connectivity index (χ1) is 7.88. The predicted molar refractivity (Wildman–Crippen MR) is 66.4 cm³/mol. The van der Waals surface area contributed by atoms with Crippen LogP contribution in [0, 0.1) is 0 Å². The van der Waals surface area contributed by atoms with Crippen LogP contribution in [0.25, 0.3) is 10.9 Å². The Morgan fingerprint density at radius 2 is 2.18 bits per heavy atom. The van der Waals surface area contributed by atoms with Crippen molar-refractivity contribution in [2.24, 2.45) is 0 Å². The fourth-order valence-electron chi connectivity index (χ4n) is 1.50. The molecular weight excluding hydrogens is 240 g/mol. The molecule has 90 valence electrons. The molecular formula is C12H13ClN2O2. The SMILES string of the molecule is CC(C)(C)OC(=O)n1cc(Cl)c2cnccc21. The monoisotopic (exact) mass is 252 g/mol. The molecule has 5 heteroatoms. The van der Waals surface area contributed by atoms with Crippen LogP contribution in [0.1, 0.15) is 20.8 Å². The Bertz CT molecular complexity index is 569. The normalized spacial score (nSPS) is 11.8. The Balaban J connectivity index is 2.46. The van der Waals surface area contributed by atoms with Crippen molar-refractivity contribution < 1.29 is 9.53 Å². The molecule has 0 radical (unpaired) electrons. The van der Waals surface area contributed by atoms with E-state index in [-0.39, 0.29) is 0 Å². The van der Waals surface area contributed by atoms with Crippen molar-refractivity contribution in [3.05, 3.63) is 29.7 Å². The van der Waals surface area contributed by atoms with E-state index in [1.54, 1.807) is 24.7 Å². The summed E-state index contributed by atoms with van der Waals surface area (Å²) < 4.78 is 6.68. The Morgan fingerprint density at radius 1 is 1.47 bits per heavy atom. The summed E-state index contributed by atoms with van der Waals surface area (Å²) in [5, 5.41) is 1.22. The van der Waals surface area contributed by atoms with Gasteiger partial charge in [-0.2, -0.15) is 0 Å². The molecule has 0 aromatic carbocycles. The molecule has 0 saturated carbocycles. The molecule has 0 aliphatic rings. The van der Waals surface area contributed by atoms with E-state index in [1.165, 1.54) is 4.57 Å². The average molecular weight is 253 g/mol. The lowest BCUT2D eigenvalue weighted by Crippen LogP contribution is -2.26. The van der Waals surface area contributed by atoms with Crippen LogP contribution in [0.5, 0.6) is 0 Å². The largest absolute Gasteiger partial charge is 0.443 e. The highest BCUT2D eigenvalue weighted by Crippen LogP contribution is 2.25. The quantitative estimate of drug-likeness (QED) is 0.721. The minimum absolute atomic E-state index is 0.444. The van der Waals surface area contributed by atoms with Gasteiger partial charge in [0.05, 0.1) is 10.5 Å². The van der Waals surface area contributed by atoms with Crippen LogP contribution >= 0.6 is 11.6 Å². The van der Waals surface area contributed by atoms with Gasteiger partial charge in [-0.3, -0.25) is 9.55 Å². The molecule has 0 spiro atoms. The van der Waals surface area contributed by atoms with Crippen molar-refractivity contribution in [2.75, 3.05) is 0 Å². The van der Waals surface area contributed by atoms with Gasteiger partial charge in [-0.25, -0.2) is 4.79 Å². The van der Waals surface area contributed by atoms with Crippen LogP contribution in [0.4, 0.5) is 4.79 Å². The number of rotatable bonds is 0. The summed E-state index contributed by atoms with van der Waals surface area (Å²) in [5.41, 5.74) is 0.159. The minimum atomic E-state index is -0.535. The Kier molecular flexibility index (Phi) is 2.83. The zero-order valence-corrected chi connectivity index (χ0v) is 10.7. The molecule has 4 nitrogen and oxygen atoms in total. The molecule has 0 fully saturated rings. The van der Waals surface area contributed by atoms with E-state index in [2.05, 4.69) is 4.98 Å². The minimum Gasteiger partial charge on any atom is -0.443 e. The lowest BCUT2D eigenvalue weighted by atomic mass is 10.2. The number of halogens is 1. The van der Waals surface area contributed by atoms with Gasteiger partial charge in [0.15, 0.2) is 0 Å². The summed E-state index contributed by atoms with van der Waals surface area (Å²) in [6, 6.07) is 1.73. The van der Waals surface area contributed by atoms with Gasteiger partial charge in [0.25, 0.3) is 0 Å². The van der Waals surface area contributed by atoms with E-state index in [4.69, 9.17) is 16.3 Å². The van der Waals surface area contributed by atoms with Gasteiger partial charge in [-0.1, -0.05) is 11.6 Å². The molecule has 0 aliphatic heterocycles. The molecule has 0 unspecified atom stereocenters. The molecule has 0 atom stereocenters. The van der Waals surface area contributed by atoms with Crippen LogP contribution in [0.2, 0.25) is 5.02 Å². The maximum atomic E-state index is 11.9. The van der Waals surface area contributed by atoms with Crippen molar-refractivity contribution >= 4 is 28.6 Å². The number of ether oxygens (including phenoxy) is 1. The number of hydrogen-bond donors (Lipinski definition) is 0. The number of aromatic nitrogens is 2. The van der Waals surface area contributed by atoms with E-state index < -0.39 is 11.7 Å². The van der Waals surface area contributed by atoms with E-state index >= 15 is 0 Å². The lowest BCUT2D eigenvalue weighted by molar-refractivity contribution is 0.0544. The molecule has 2 aromatic heterocycles. The number of fused-ring (bicyclic) bond motifs is 1. The number of hydrogen-bond acceptors (Lipinski definition) is 3. The Hall–Kier alpha value is -1.55. The van der Waals surface area contributed by atoms with E-state index in [9.17, 15) is 4.79 Å². The molecule has 0 N–H and O–H groups in total. The summed E-state index contributed by atoms with van der Waals surface area (Å²) in [6.45, 7) is 5.46. The maximum absolute atomic E-state index is 11.9. The van der Waals surface area contributed by atoms with Crippen molar-refractivity contribution in [1.82, 2.24) is 9.55 Å². The highest BCUT2D eigenvalue weighted by Gasteiger charge is 2.20. The van der Waals surface area contributed by atoms with Gasteiger partial charge < -0.3 is 4.74 Å². The second kappa shape index (κ2) is 4.04. The zero-order valence-electron chi connectivity index (χ0n) is 9.90. The van der Waals surface area contributed by atoms with Crippen molar-refractivity contribution in [3.63, 3.8) is 0 Å². The van der Waals surface area contributed by atoms with Crippen molar-refractivity contribution in [3.8, 4) is 0 Å². The highest BCUT2D eigenvalue weighted by atomic mass is 35.5. The second-order valence-corrected chi connectivity index (χ2v) is 5.13. The predicted octanol–water partition coefficient (Wildman–Crippen LogP) is 3.47. The molecule has 17 heavy (non-hydrogen) atoms. The zero-order chi connectivity index (χ0) is 12.6. The van der Waals surface area contributed by atoms with E-state index in [1.807, 2.05) is 20.8 Å². The van der Waals surface area contributed by atoms with Gasteiger partial charge in [0, 0.05) is 24.0 Å². The molecule has 0 aliphatic carbocycles. The number of pyridine rings is 1. The fourth-order valence-corrected chi connectivity index (χ4v) is 1.74. The summed E-state index contributed by atoms with van der Waals surface area (Å²) in [5.74, 6) is 0. The van der Waals surface area contributed by atoms with Crippen molar-refractivity contribution in [1.29, 1.82) is 0 Å². The van der Waals surface area contributed by atoms with Crippen LogP contribution in [0.3, 0.4) is 0 Å². The lowest BCUT2D eigenvalue weighted by Gasteiger charge is -2.19. The fraction of sp³-hybridized carbons (Fsp3) is 0.333. The van der Waals surface area contributed by atoms with Crippen LogP contribution in [0.15, 0.2) is 24.7 Å². The van der Waals surface area contributed by atoms with Gasteiger partial charge in [0.1, 0.15) is 5.60 Å². The van der Waals surface area contributed by atoms with Crippen LogP contribution < -0.4 is 0 Å². The summed E-state index contributed by atoms with van der Waals surface area (Å²) >= 11 is 6.02. The van der Waals surface area contributed by atoms with Crippen molar-refractivity contribution in [2.45, 2.75) is 26.4 Å². The first kappa shape index (κ1) is 11.9. The number of carbonyl (C=O) groups is 1.